The maximum atomic E-state index is 13.3. The summed E-state index contributed by atoms with van der Waals surface area (Å²) in [4.78, 5) is 30.8. The molecule has 1 aliphatic heterocycles. The maximum absolute atomic E-state index is 13.3. The molecule has 0 spiro atoms. The highest BCUT2D eigenvalue weighted by Crippen LogP contribution is 2.37. The van der Waals surface area contributed by atoms with Gasteiger partial charge in [0, 0.05) is 36.6 Å². The van der Waals surface area contributed by atoms with Crippen molar-refractivity contribution in [1.82, 2.24) is 20.1 Å². The zero-order valence-electron chi connectivity index (χ0n) is 19.8. The summed E-state index contributed by atoms with van der Waals surface area (Å²) in [5.74, 6) is -1.97. The third-order valence-electron chi connectivity index (χ3n) is 5.41. The van der Waals surface area contributed by atoms with E-state index in [9.17, 15) is 35.9 Å². The molecule has 16 heteroatoms. The summed E-state index contributed by atoms with van der Waals surface area (Å²) in [7, 11) is 0. The van der Waals surface area contributed by atoms with Crippen LogP contribution in [0, 0.1) is 0 Å². The molecule has 1 aromatic carbocycles. The number of hydrogen-bond donors (Lipinski definition) is 1. The van der Waals surface area contributed by atoms with E-state index in [1.165, 1.54) is 0 Å². The molecule has 208 valence electrons. The molecule has 0 unspecified atom stereocenters. The van der Waals surface area contributed by atoms with E-state index in [0.717, 1.165) is 48.0 Å². The van der Waals surface area contributed by atoms with Gasteiger partial charge in [0.15, 0.2) is 11.5 Å². The molecule has 1 saturated heterocycles. The molecule has 3 aromatic rings. The number of ketones is 1. The van der Waals surface area contributed by atoms with E-state index in [1.54, 1.807) is 4.90 Å². The molecule has 39 heavy (non-hydrogen) atoms. The van der Waals surface area contributed by atoms with E-state index in [2.05, 4.69) is 25.2 Å². The second-order valence-electron chi connectivity index (χ2n) is 8.22. The first-order valence-corrected chi connectivity index (χ1v) is 12.1. The highest BCUT2D eigenvalue weighted by molar-refractivity contribution is 7.14. The van der Waals surface area contributed by atoms with E-state index in [1.807, 2.05) is 0 Å². The monoisotopic (exact) mass is 575 g/mol. The molecule has 4 rings (SSSR count). The third-order valence-corrected chi connectivity index (χ3v) is 6.36. The number of nitrogens with one attached hydrogen (secondary N) is 1. The average Bonchev–Trinajstić information content (AvgIpc) is 3.32. The number of morpholine rings is 1. The minimum absolute atomic E-state index is 0.0699. The van der Waals surface area contributed by atoms with Gasteiger partial charge in [-0.15, -0.1) is 23.4 Å². The number of anilines is 1. The summed E-state index contributed by atoms with van der Waals surface area (Å²) >= 11 is 0.743. The van der Waals surface area contributed by atoms with Crippen molar-refractivity contribution < 1.29 is 45.4 Å². The fourth-order valence-electron chi connectivity index (χ4n) is 3.65. The Morgan fingerprint density at radius 3 is 2.51 bits per heavy atom. The summed E-state index contributed by atoms with van der Waals surface area (Å²) in [6.07, 6.45) is -8.15. The Labute approximate surface area is 220 Å². The SMILES string of the molecule is O=C(CN1CCOCC1)Nc1cc(C(=O)Cc2nnc(-c3cnccc3C(F)(F)F)s2)ccc1OC(F)(F)F. The van der Waals surface area contributed by atoms with Crippen molar-refractivity contribution in [3.63, 3.8) is 0 Å². The van der Waals surface area contributed by atoms with Crippen molar-refractivity contribution >= 4 is 28.7 Å². The van der Waals surface area contributed by atoms with Gasteiger partial charge in [0.25, 0.3) is 0 Å². The zero-order valence-corrected chi connectivity index (χ0v) is 20.6. The summed E-state index contributed by atoms with van der Waals surface area (Å²) < 4.78 is 87.9. The van der Waals surface area contributed by atoms with Gasteiger partial charge in [-0.25, -0.2) is 0 Å². The second-order valence-corrected chi connectivity index (χ2v) is 9.28. The second kappa shape index (κ2) is 11.6. The zero-order chi connectivity index (χ0) is 28.2. The van der Waals surface area contributed by atoms with Gasteiger partial charge in [-0.1, -0.05) is 11.3 Å². The van der Waals surface area contributed by atoms with E-state index in [-0.39, 0.29) is 33.4 Å². The number of halogens is 6. The molecule has 0 bridgehead atoms. The third kappa shape index (κ3) is 7.70. The van der Waals surface area contributed by atoms with Crippen LogP contribution in [0.5, 0.6) is 5.75 Å². The number of alkyl halides is 6. The number of ether oxygens (including phenoxy) is 2. The summed E-state index contributed by atoms with van der Waals surface area (Å²) in [5.41, 5.74) is -1.73. The Balaban J connectivity index is 1.52. The van der Waals surface area contributed by atoms with Crippen LogP contribution in [0.4, 0.5) is 32.0 Å². The number of hydrogen-bond acceptors (Lipinski definition) is 9. The average molecular weight is 575 g/mol. The minimum Gasteiger partial charge on any atom is -0.404 e. The molecular weight excluding hydrogens is 556 g/mol. The van der Waals surface area contributed by atoms with Crippen molar-refractivity contribution in [3.05, 3.63) is 52.8 Å². The van der Waals surface area contributed by atoms with Crippen molar-refractivity contribution in [2.24, 2.45) is 0 Å². The van der Waals surface area contributed by atoms with Crippen LogP contribution in [-0.4, -0.2) is 71.0 Å². The maximum Gasteiger partial charge on any atom is 0.573 e. The Kier molecular flexibility index (Phi) is 8.46. The lowest BCUT2D eigenvalue weighted by Gasteiger charge is -2.26. The summed E-state index contributed by atoms with van der Waals surface area (Å²) in [5, 5.41) is 9.82. The predicted octanol–water partition coefficient (Wildman–Crippen LogP) is 4.21. The Bertz CT molecular complexity index is 1340. The van der Waals surface area contributed by atoms with E-state index >= 15 is 0 Å². The summed E-state index contributed by atoms with van der Waals surface area (Å²) in [6.45, 7) is 1.63. The molecule has 1 aliphatic rings. The first-order valence-electron chi connectivity index (χ1n) is 11.3. The van der Waals surface area contributed by atoms with Gasteiger partial charge < -0.3 is 14.8 Å². The first-order chi connectivity index (χ1) is 18.4. The number of Topliss-reactive ketones (excluding diaryl/α,β-unsaturated/α-hetero) is 1. The largest absolute Gasteiger partial charge is 0.573 e. The van der Waals surface area contributed by atoms with Gasteiger partial charge in [-0.3, -0.25) is 19.5 Å². The predicted molar refractivity (Wildman–Crippen MR) is 125 cm³/mol. The van der Waals surface area contributed by atoms with Gasteiger partial charge in [-0.05, 0) is 24.3 Å². The topological polar surface area (TPSA) is 107 Å². The van der Waals surface area contributed by atoms with Crippen molar-refractivity contribution in [1.29, 1.82) is 0 Å². The number of nitrogens with zero attached hydrogens (tertiary/aromatic N) is 4. The normalized spacial score (nSPS) is 14.7. The molecule has 0 radical (unpaired) electrons. The van der Waals surface area contributed by atoms with E-state index in [4.69, 9.17) is 4.74 Å². The van der Waals surface area contributed by atoms with Gasteiger partial charge >= 0.3 is 12.5 Å². The van der Waals surface area contributed by atoms with Crippen molar-refractivity contribution in [2.75, 3.05) is 38.2 Å². The van der Waals surface area contributed by atoms with Crippen LogP contribution in [0.25, 0.3) is 10.6 Å². The van der Waals surface area contributed by atoms with Crippen LogP contribution >= 0.6 is 11.3 Å². The Hall–Kier alpha value is -3.63. The molecule has 0 aliphatic carbocycles. The van der Waals surface area contributed by atoms with Crippen molar-refractivity contribution in [2.45, 2.75) is 19.0 Å². The highest BCUT2D eigenvalue weighted by Gasteiger charge is 2.35. The highest BCUT2D eigenvalue weighted by atomic mass is 32.1. The van der Waals surface area contributed by atoms with Crippen LogP contribution in [0.3, 0.4) is 0 Å². The Morgan fingerprint density at radius 2 is 1.82 bits per heavy atom. The van der Waals surface area contributed by atoms with Crippen LogP contribution < -0.4 is 10.1 Å². The van der Waals surface area contributed by atoms with Crippen LogP contribution in [0.1, 0.15) is 20.9 Å². The fraction of sp³-hybridized carbons (Fsp3) is 0.348. The number of amides is 1. The lowest BCUT2D eigenvalue weighted by atomic mass is 10.1. The number of aromatic nitrogens is 3. The number of carbonyl (C=O) groups is 2. The summed E-state index contributed by atoms with van der Waals surface area (Å²) in [6, 6.07) is 3.79. The number of carbonyl (C=O) groups excluding carboxylic acids is 2. The number of rotatable bonds is 8. The van der Waals surface area contributed by atoms with Crippen LogP contribution in [-0.2, 0) is 22.1 Å². The number of benzene rings is 1. The minimum atomic E-state index is -5.06. The van der Waals surface area contributed by atoms with Gasteiger partial charge in [0.05, 0.1) is 37.4 Å². The molecule has 1 fully saturated rings. The lowest BCUT2D eigenvalue weighted by molar-refractivity contribution is -0.274. The molecule has 9 nitrogen and oxygen atoms in total. The smallest absolute Gasteiger partial charge is 0.404 e. The van der Waals surface area contributed by atoms with E-state index < -0.39 is 42.0 Å². The standard InChI is InChI=1S/C23H19F6N5O4S/c24-22(25,26)15-3-4-30-11-14(15)21-33-32-20(39-21)10-17(35)13-1-2-18(38-23(27,28)29)16(9-13)31-19(36)12-34-5-7-37-8-6-34/h1-4,9,11H,5-8,10,12H2,(H,31,36). The van der Waals surface area contributed by atoms with Crippen LogP contribution in [0.2, 0.25) is 0 Å². The first kappa shape index (κ1) is 28.4. The Morgan fingerprint density at radius 1 is 1.08 bits per heavy atom. The molecule has 3 heterocycles. The van der Waals surface area contributed by atoms with Crippen molar-refractivity contribution in [3.8, 4) is 16.3 Å². The molecule has 2 aromatic heterocycles. The lowest BCUT2D eigenvalue weighted by Crippen LogP contribution is -2.41. The van der Waals surface area contributed by atoms with Crippen LogP contribution in [0.15, 0.2) is 36.7 Å². The molecule has 1 amide bonds. The van der Waals surface area contributed by atoms with Gasteiger partial charge in [-0.2, -0.15) is 13.2 Å². The molecular formula is C23H19F6N5O4S. The fourth-order valence-corrected chi connectivity index (χ4v) is 4.51. The molecule has 0 atom stereocenters. The quantitative estimate of drug-likeness (QED) is 0.315. The molecule has 0 saturated carbocycles. The van der Waals surface area contributed by atoms with Gasteiger partial charge in [0.2, 0.25) is 5.91 Å². The molecule has 1 N–H and O–H groups in total. The number of pyridine rings is 1. The van der Waals surface area contributed by atoms with E-state index in [0.29, 0.717) is 26.3 Å². The van der Waals surface area contributed by atoms with Gasteiger partial charge in [0.1, 0.15) is 10.0 Å².